The molecule has 1 aliphatic carbocycles. The Bertz CT molecular complexity index is 3340. The molecule has 268 valence electrons. The van der Waals surface area contributed by atoms with Crippen molar-refractivity contribution >= 4 is 60.8 Å². The van der Waals surface area contributed by atoms with E-state index in [1.165, 1.54) is 44.0 Å². The summed E-state index contributed by atoms with van der Waals surface area (Å²) in [5.41, 5.74) is 16.4. The first kappa shape index (κ1) is 31.9. The molecule has 3 heteroatoms. The number of aryl methyl sites for hydroxylation is 1. The van der Waals surface area contributed by atoms with Gasteiger partial charge in [0.05, 0.1) is 11.0 Å². The maximum atomic E-state index is 6.67. The summed E-state index contributed by atoms with van der Waals surface area (Å²) in [6.45, 7) is 0. The second-order valence-electron chi connectivity index (χ2n) is 15.2. The maximum absolute atomic E-state index is 6.67. The van der Waals surface area contributed by atoms with Gasteiger partial charge in [-0.2, -0.15) is 0 Å². The molecule has 57 heavy (non-hydrogen) atoms. The Morgan fingerprint density at radius 3 is 1.82 bits per heavy atom. The summed E-state index contributed by atoms with van der Waals surface area (Å²) in [5, 5.41) is 5.84. The maximum Gasteiger partial charge on any atom is 0.143 e. The van der Waals surface area contributed by atoms with Crippen molar-refractivity contribution in [2.24, 2.45) is 0 Å². The molecule has 1 aliphatic rings. The van der Waals surface area contributed by atoms with Crippen LogP contribution in [0.3, 0.4) is 0 Å². The SMILES string of the molecule is C1=Cc2c(oc3cc4c(cc23)c2ccccc2n4-c2cc(-c3cc(-c4ccccc4)cc(-c4ccccc4)c3)cc(-c3cccc4c3oc3ccccc34)c2)CC1. The van der Waals surface area contributed by atoms with Crippen molar-refractivity contribution in [1.82, 2.24) is 4.57 Å². The molecule has 8 aromatic carbocycles. The first-order valence-corrected chi connectivity index (χ1v) is 19.7. The highest BCUT2D eigenvalue weighted by Crippen LogP contribution is 2.43. The number of benzene rings is 8. The lowest BCUT2D eigenvalue weighted by atomic mass is 9.91. The van der Waals surface area contributed by atoms with Gasteiger partial charge in [0.15, 0.2) is 0 Å². The Hall–Kier alpha value is -7.36. The number of hydrogen-bond acceptors (Lipinski definition) is 2. The third-order valence-corrected chi connectivity index (χ3v) is 11.8. The zero-order valence-corrected chi connectivity index (χ0v) is 31.1. The minimum atomic E-state index is 0.891. The number of allylic oxidation sites excluding steroid dienone is 1. The Kier molecular flexibility index (Phi) is 7.05. The van der Waals surface area contributed by atoms with Crippen molar-refractivity contribution in [3.63, 3.8) is 0 Å². The molecule has 3 heterocycles. The molecule has 0 atom stereocenters. The van der Waals surface area contributed by atoms with Gasteiger partial charge in [0, 0.05) is 56.2 Å². The fraction of sp³-hybridized carbons (Fsp3) is 0.0370. The molecule has 3 aromatic heterocycles. The van der Waals surface area contributed by atoms with Crippen LogP contribution in [0, 0.1) is 0 Å². The molecule has 0 spiro atoms. The van der Waals surface area contributed by atoms with Crippen molar-refractivity contribution in [3.05, 3.63) is 193 Å². The number of hydrogen-bond donors (Lipinski definition) is 0. The van der Waals surface area contributed by atoms with Crippen LogP contribution in [0.5, 0.6) is 0 Å². The van der Waals surface area contributed by atoms with E-state index in [0.29, 0.717) is 0 Å². The second kappa shape index (κ2) is 12.6. The smallest absolute Gasteiger partial charge is 0.143 e. The molecule has 3 nitrogen and oxygen atoms in total. The van der Waals surface area contributed by atoms with Crippen LogP contribution in [0.15, 0.2) is 191 Å². The third-order valence-electron chi connectivity index (χ3n) is 11.8. The molecule has 0 amide bonds. The van der Waals surface area contributed by atoms with Crippen molar-refractivity contribution < 1.29 is 8.83 Å². The first-order valence-electron chi connectivity index (χ1n) is 19.7. The average molecular weight is 730 g/mol. The van der Waals surface area contributed by atoms with Crippen LogP contribution >= 0.6 is 0 Å². The molecular weight excluding hydrogens is 695 g/mol. The van der Waals surface area contributed by atoms with Crippen LogP contribution in [0.1, 0.15) is 17.7 Å². The summed E-state index contributed by atoms with van der Waals surface area (Å²) in [6, 6.07) is 63.6. The third kappa shape index (κ3) is 5.13. The molecular formula is C54H35NO2. The van der Waals surface area contributed by atoms with Crippen LogP contribution < -0.4 is 0 Å². The number of para-hydroxylation sites is 3. The molecule has 0 aliphatic heterocycles. The Morgan fingerprint density at radius 1 is 0.404 bits per heavy atom. The Labute approximate surface area is 329 Å². The zero-order chi connectivity index (χ0) is 37.5. The lowest BCUT2D eigenvalue weighted by Gasteiger charge is -2.16. The van der Waals surface area contributed by atoms with Gasteiger partial charge in [-0.15, -0.1) is 0 Å². The first-order chi connectivity index (χ1) is 28.2. The largest absolute Gasteiger partial charge is 0.460 e. The quantitative estimate of drug-likeness (QED) is 0.177. The molecule has 0 N–H and O–H groups in total. The standard InChI is InChI=1S/C54H35NO2/c1-3-14-34(15-4-1)36-26-37(35-16-5-2-6-17-35)28-38(27-36)39-29-40(42-21-13-22-46-44-19-8-12-25-52(44)57-54(42)46)31-41(30-39)55-49-23-10-7-18-43(49)47-32-48-45-20-9-11-24-51(45)56-53(48)33-50(47)55/h1-10,12-23,25-33H,11,24H2. The molecule has 11 aromatic rings. The second-order valence-corrected chi connectivity index (χ2v) is 15.2. The molecule has 0 saturated heterocycles. The Morgan fingerprint density at radius 2 is 1.04 bits per heavy atom. The van der Waals surface area contributed by atoms with Crippen LogP contribution in [0.25, 0.3) is 111 Å². The molecule has 0 bridgehead atoms. The van der Waals surface area contributed by atoms with Gasteiger partial charge in [0.2, 0.25) is 0 Å². The van der Waals surface area contributed by atoms with Gasteiger partial charge in [0.25, 0.3) is 0 Å². The highest BCUT2D eigenvalue weighted by Gasteiger charge is 2.21. The van der Waals surface area contributed by atoms with Crippen LogP contribution in [0.2, 0.25) is 0 Å². The lowest BCUT2D eigenvalue weighted by molar-refractivity contribution is 0.546. The van der Waals surface area contributed by atoms with E-state index in [1.807, 2.05) is 6.07 Å². The fourth-order valence-corrected chi connectivity index (χ4v) is 9.12. The van der Waals surface area contributed by atoms with Crippen molar-refractivity contribution in [2.45, 2.75) is 12.8 Å². The molecule has 0 saturated carbocycles. The lowest BCUT2D eigenvalue weighted by Crippen LogP contribution is -1.96. The van der Waals surface area contributed by atoms with E-state index in [-0.39, 0.29) is 0 Å². The summed E-state index contributed by atoms with van der Waals surface area (Å²) in [4.78, 5) is 0. The van der Waals surface area contributed by atoms with E-state index in [4.69, 9.17) is 8.83 Å². The van der Waals surface area contributed by atoms with Crippen molar-refractivity contribution in [3.8, 4) is 50.2 Å². The molecule has 12 rings (SSSR count). The van der Waals surface area contributed by atoms with Crippen molar-refractivity contribution in [2.75, 3.05) is 0 Å². The topological polar surface area (TPSA) is 31.2 Å². The fourth-order valence-electron chi connectivity index (χ4n) is 9.12. The number of rotatable bonds is 5. The van der Waals surface area contributed by atoms with Gasteiger partial charge < -0.3 is 13.4 Å². The van der Waals surface area contributed by atoms with Gasteiger partial charge >= 0.3 is 0 Å². The van der Waals surface area contributed by atoms with Crippen LogP contribution in [0.4, 0.5) is 0 Å². The number of nitrogens with zero attached hydrogens (tertiary/aromatic N) is 1. The van der Waals surface area contributed by atoms with Gasteiger partial charge in [-0.25, -0.2) is 0 Å². The predicted molar refractivity (Wildman–Crippen MR) is 237 cm³/mol. The van der Waals surface area contributed by atoms with Gasteiger partial charge in [-0.1, -0.05) is 127 Å². The van der Waals surface area contributed by atoms with E-state index < -0.39 is 0 Å². The predicted octanol–water partition coefficient (Wildman–Crippen LogP) is 15.1. The van der Waals surface area contributed by atoms with Gasteiger partial charge in [0.1, 0.15) is 22.5 Å². The van der Waals surface area contributed by atoms with E-state index in [1.54, 1.807) is 0 Å². The number of fused-ring (bicyclic) bond motifs is 9. The molecule has 0 fully saturated rings. The van der Waals surface area contributed by atoms with Crippen LogP contribution in [-0.2, 0) is 6.42 Å². The highest BCUT2D eigenvalue weighted by atomic mass is 16.3. The minimum Gasteiger partial charge on any atom is -0.460 e. The minimum absolute atomic E-state index is 0.891. The molecule has 0 unspecified atom stereocenters. The monoisotopic (exact) mass is 729 g/mol. The summed E-state index contributed by atoms with van der Waals surface area (Å²) in [6.07, 6.45) is 6.43. The van der Waals surface area contributed by atoms with Gasteiger partial charge in [-0.05, 0) is 100.0 Å². The highest BCUT2D eigenvalue weighted by molar-refractivity contribution is 6.14. The van der Waals surface area contributed by atoms with E-state index in [2.05, 4.69) is 187 Å². The Balaban J connectivity index is 1.17. The van der Waals surface area contributed by atoms with Gasteiger partial charge in [-0.3, -0.25) is 0 Å². The van der Waals surface area contributed by atoms with E-state index in [9.17, 15) is 0 Å². The normalized spacial score (nSPS) is 12.7. The molecule has 0 radical (unpaired) electrons. The average Bonchev–Trinajstić information content (AvgIpc) is 3.95. The van der Waals surface area contributed by atoms with E-state index in [0.717, 1.165) is 85.1 Å². The summed E-state index contributed by atoms with van der Waals surface area (Å²) >= 11 is 0. The number of furan rings is 2. The number of aromatic nitrogens is 1. The summed E-state index contributed by atoms with van der Waals surface area (Å²) in [5.74, 6) is 1.08. The zero-order valence-electron chi connectivity index (χ0n) is 31.1. The summed E-state index contributed by atoms with van der Waals surface area (Å²) < 4.78 is 15.7. The van der Waals surface area contributed by atoms with E-state index >= 15 is 0 Å². The van der Waals surface area contributed by atoms with Crippen molar-refractivity contribution in [1.29, 1.82) is 0 Å². The summed E-state index contributed by atoms with van der Waals surface area (Å²) in [7, 11) is 0. The van der Waals surface area contributed by atoms with Crippen LogP contribution in [-0.4, -0.2) is 4.57 Å².